The summed E-state index contributed by atoms with van der Waals surface area (Å²) >= 11 is 0. The van der Waals surface area contributed by atoms with Gasteiger partial charge < -0.3 is 4.57 Å². The molecule has 0 bridgehead atoms. The molecule has 0 aromatic rings. The van der Waals surface area contributed by atoms with Gasteiger partial charge >= 0.3 is 0 Å². The fraction of sp³-hybridized carbons (Fsp3) is 1.00. The van der Waals surface area contributed by atoms with Gasteiger partial charge in [0.2, 0.25) is 0 Å². The van der Waals surface area contributed by atoms with Crippen molar-refractivity contribution >= 4 is 20.6 Å². The summed E-state index contributed by atoms with van der Waals surface area (Å²) in [7, 11) is 2.70. The second-order valence-electron chi connectivity index (χ2n) is 2.47. The Kier molecular flexibility index (Phi) is 1.66. The third kappa shape index (κ3) is 1.14. The van der Waals surface area contributed by atoms with E-state index in [0.717, 1.165) is 5.67 Å². The third-order valence-electron chi connectivity index (χ3n) is 1.89. The first-order valence-electron chi connectivity index (χ1n) is 3.01. The molecule has 3 heteroatoms. The Balaban J connectivity index is 2.33. The van der Waals surface area contributed by atoms with E-state index in [1.807, 2.05) is 0 Å². The van der Waals surface area contributed by atoms with Crippen LogP contribution in [0.2, 0.25) is 0 Å². The highest BCUT2D eigenvalue weighted by molar-refractivity contribution is 6.16. The van der Waals surface area contributed by atoms with Crippen molar-refractivity contribution in [2.45, 2.75) is 18.5 Å². The lowest BCUT2D eigenvalue weighted by Crippen LogP contribution is -2.26. The first-order chi connectivity index (χ1) is 3.30. The maximum Gasteiger partial charge on any atom is 0.0783 e. The van der Waals surface area contributed by atoms with Gasteiger partial charge in [-0.05, 0) is 25.1 Å². The molecule has 1 unspecified atom stereocenters. The van der Waals surface area contributed by atoms with Crippen LogP contribution >= 0.6 is 0 Å². The molecule has 1 rings (SSSR count). The lowest BCUT2D eigenvalue weighted by molar-refractivity contribution is 0.524. The van der Waals surface area contributed by atoms with Crippen LogP contribution in [0.25, 0.3) is 0 Å². The quantitative estimate of drug-likeness (QED) is 0.346. The largest absolute Gasteiger partial charge is 0.333 e. The molecule has 42 valence electrons. The fourth-order valence-electron chi connectivity index (χ4n) is 1.08. The molecular weight excluding hydrogens is 118 g/mol. The van der Waals surface area contributed by atoms with Crippen LogP contribution < -0.4 is 0 Å². The molecule has 0 N–H and O–H groups in total. The van der Waals surface area contributed by atoms with Crippen LogP contribution in [-0.2, 0) is 0 Å². The van der Waals surface area contributed by atoms with Gasteiger partial charge in [-0.3, -0.25) is 0 Å². The second kappa shape index (κ2) is 2.11. The summed E-state index contributed by atoms with van der Waals surface area (Å²) in [5.74, 6) is 0. The second-order valence-corrected chi connectivity index (χ2v) is 4.95. The van der Waals surface area contributed by atoms with Gasteiger partial charge in [-0.15, -0.1) is 0 Å². The van der Waals surface area contributed by atoms with Crippen molar-refractivity contribution in [2.75, 3.05) is 6.54 Å². The van der Waals surface area contributed by atoms with Crippen molar-refractivity contribution < 1.29 is 0 Å². The van der Waals surface area contributed by atoms with E-state index in [0.29, 0.717) is 0 Å². The van der Waals surface area contributed by atoms with Gasteiger partial charge in [0.15, 0.2) is 0 Å². The van der Waals surface area contributed by atoms with E-state index in [1.54, 1.807) is 0 Å². The SMILES string of the molecule is [SiH3]C1CCCN1[SiH3]. The molecule has 1 fully saturated rings. The summed E-state index contributed by atoms with van der Waals surface area (Å²) in [5.41, 5.74) is 1.05. The van der Waals surface area contributed by atoms with Crippen LogP contribution in [0.15, 0.2) is 0 Å². The van der Waals surface area contributed by atoms with Crippen LogP contribution in [0.3, 0.4) is 0 Å². The highest BCUT2D eigenvalue weighted by atomic mass is 28.2. The number of hydrogen-bond donors (Lipinski definition) is 0. The van der Waals surface area contributed by atoms with E-state index >= 15 is 0 Å². The van der Waals surface area contributed by atoms with Gasteiger partial charge in [0.05, 0.1) is 10.4 Å². The van der Waals surface area contributed by atoms with E-state index in [4.69, 9.17) is 0 Å². The first kappa shape index (κ1) is 5.53. The van der Waals surface area contributed by atoms with E-state index in [-0.39, 0.29) is 0 Å². The first-order valence-corrected chi connectivity index (χ1v) is 5.06. The Labute approximate surface area is 51.0 Å². The minimum absolute atomic E-state index is 1.05. The molecule has 1 heterocycles. The van der Waals surface area contributed by atoms with E-state index in [2.05, 4.69) is 4.57 Å². The van der Waals surface area contributed by atoms with Gasteiger partial charge in [0, 0.05) is 10.2 Å². The molecule has 0 aromatic heterocycles. The van der Waals surface area contributed by atoms with Gasteiger partial charge in [0.1, 0.15) is 0 Å². The lowest BCUT2D eigenvalue weighted by Gasteiger charge is -2.12. The molecule has 0 spiro atoms. The Morgan fingerprint density at radius 3 is 2.43 bits per heavy atom. The smallest absolute Gasteiger partial charge is 0.0783 e. The summed E-state index contributed by atoms with van der Waals surface area (Å²) in [5, 5.41) is 0. The third-order valence-corrected chi connectivity index (χ3v) is 5.71. The Morgan fingerprint density at radius 1 is 1.57 bits per heavy atom. The minimum atomic E-state index is 1.05. The van der Waals surface area contributed by atoms with Crippen LogP contribution in [-0.4, -0.2) is 37.4 Å². The highest BCUT2D eigenvalue weighted by Crippen LogP contribution is 2.09. The topological polar surface area (TPSA) is 3.24 Å². The molecule has 0 aromatic carbocycles. The van der Waals surface area contributed by atoms with Crippen molar-refractivity contribution in [1.82, 2.24) is 4.57 Å². The maximum atomic E-state index is 2.60. The summed E-state index contributed by atoms with van der Waals surface area (Å²) in [6, 6.07) is 0. The lowest BCUT2D eigenvalue weighted by atomic mass is 10.4. The van der Waals surface area contributed by atoms with Gasteiger partial charge in [0.25, 0.3) is 0 Å². The van der Waals surface area contributed by atoms with Crippen LogP contribution in [0.4, 0.5) is 0 Å². The van der Waals surface area contributed by atoms with E-state index in [9.17, 15) is 0 Å². The molecule has 0 aliphatic carbocycles. The molecule has 0 saturated carbocycles. The average molecular weight is 131 g/mol. The molecule has 1 aliphatic rings. The van der Waals surface area contributed by atoms with Gasteiger partial charge in [-0.25, -0.2) is 0 Å². The molecule has 0 amide bonds. The summed E-state index contributed by atoms with van der Waals surface area (Å²) < 4.78 is 2.60. The summed E-state index contributed by atoms with van der Waals surface area (Å²) in [4.78, 5) is 0. The van der Waals surface area contributed by atoms with Crippen molar-refractivity contribution in [3.8, 4) is 0 Å². The van der Waals surface area contributed by atoms with Crippen LogP contribution in [0, 0.1) is 0 Å². The summed E-state index contributed by atoms with van der Waals surface area (Å²) in [6.07, 6.45) is 2.97. The Hall–Kier alpha value is 0.394. The molecule has 1 saturated heterocycles. The Morgan fingerprint density at radius 2 is 2.29 bits per heavy atom. The number of nitrogens with zero attached hydrogens (tertiary/aromatic N) is 1. The standard InChI is InChI=1S/C4H13NSi2/c6-4-2-1-3-5(4)7/h4H,1-3H2,6-7H3. The molecular formula is C4H13NSi2. The normalized spacial score (nSPS) is 35.1. The molecule has 7 heavy (non-hydrogen) atoms. The molecule has 1 nitrogen and oxygen atoms in total. The van der Waals surface area contributed by atoms with Crippen molar-refractivity contribution in [3.63, 3.8) is 0 Å². The predicted octanol–water partition coefficient (Wildman–Crippen LogP) is -1.95. The maximum absolute atomic E-state index is 2.60. The highest BCUT2D eigenvalue weighted by Gasteiger charge is 2.13. The molecule has 0 radical (unpaired) electrons. The molecule has 1 aliphatic heterocycles. The van der Waals surface area contributed by atoms with Gasteiger partial charge in [-0.1, -0.05) is 0 Å². The van der Waals surface area contributed by atoms with Crippen molar-refractivity contribution in [3.05, 3.63) is 0 Å². The van der Waals surface area contributed by atoms with Gasteiger partial charge in [-0.2, -0.15) is 0 Å². The predicted molar refractivity (Wildman–Crippen MR) is 39.6 cm³/mol. The van der Waals surface area contributed by atoms with Crippen LogP contribution in [0.1, 0.15) is 12.8 Å². The average Bonchev–Trinajstić information content (AvgIpc) is 1.91. The minimum Gasteiger partial charge on any atom is -0.333 e. The zero-order valence-electron chi connectivity index (χ0n) is 5.15. The number of rotatable bonds is 0. The van der Waals surface area contributed by atoms with Crippen LogP contribution in [0.5, 0.6) is 0 Å². The van der Waals surface area contributed by atoms with Crippen molar-refractivity contribution in [2.24, 2.45) is 0 Å². The monoisotopic (exact) mass is 131 g/mol. The van der Waals surface area contributed by atoms with E-state index < -0.39 is 0 Å². The zero-order chi connectivity index (χ0) is 5.28. The summed E-state index contributed by atoms with van der Waals surface area (Å²) in [6.45, 7) is 1.40. The Bertz CT molecular complexity index is 58.7. The van der Waals surface area contributed by atoms with Crippen molar-refractivity contribution in [1.29, 1.82) is 0 Å². The fourth-order valence-corrected chi connectivity index (χ4v) is 2.32. The zero-order valence-corrected chi connectivity index (χ0v) is 9.15. The number of hydrogen-bond acceptors (Lipinski definition) is 1. The van der Waals surface area contributed by atoms with E-state index in [1.165, 1.54) is 40.0 Å². The molecule has 1 atom stereocenters.